The van der Waals surface area contributed by atoms with Crippen molar-refractivity contribution in [3.05, 3.63) is 0 Å². The van der Waals surface area contributed by atoms with Gasteiger partial charge in [0.1, 0.15) is 0 Å². The van der Waals surface area contributed by atoms with Gasteiger partial charge in [0.2, 0.25) is 0 Å². The van der Waals surface area contributed by atoms with Gasteiger partial charge in [-0.25, -0.2) is 13.8 Å². The second-order valence-electron chi connectivity index (χ2n) is 2.26. The summed E-state index contributed by atoms with van der Waals surface area (Å²) in [7, 11) is -4.86. The van der Waals surface area contributed by atoms with Crippen LogP contribution in [0.1, 0.15) is 13.8 Å². The minimum absolute atomic E-state index is 0.408. The molecule has 1 unspecified atom stereocenters. The largest absolute Gasteiger partial charge is 0.476 e. The normalized spacial score (nSPS) is 17.4. The van der Waals surface area contributed by atoms with Crippen LogP contribution < -0.4 is 0 Å². The van der Waals surface area contributed by atoms with E-state index in [4.69, 9.17) is 14.7 Å². The Hall–Kier alpha value is 0.640. The highest BCUT2D eigenvalue weighted by molar-refractivity contribution is 8.08. The van der Waals surface area contributed by atoms with Crippen molar-refractivity contribution in [1.29, 1.82) is 0 Å². The van der Waals surface area contributed by atoms with Crippen LogP contribution in [0.15, 0.2) is 0 Å². The molecule has 13 heavy (non-hydrogen) atoms. The fourth-order valence-electron chi connectivity index (χ4n) is 0.288. The number of rotatable bonds is 5. The molecule has 0 amide bonds. The molecule has 0 fully saturated rings. The van der Waals surface area contributed by atoms with Gasteiger partial charge in [-0.2, -0.15) is 0 Å². The fraction of sp³-hybridized carbons (Fsp3) is 1.00. The molecule has 10 heteroatoms. The van der Waals surface area contributed by atoms with E-state index in [0.29, 0.717) is 0 Å². The lowest BCUT2D eigenvalue weighted by Gasteiger charge is -2.15. The Kier molecular flexibility index (Phi) is 5.17. The van der Waals surface area contributed by atoms with Crippen LogP contribution in [0.4, 0.5) is 0 Å². The van der Waals surface area contributed by atoms with Gasteiger partial charge in [-0.1, -0.05) is 0 Å². The van der Waals surface area contributed by atoms with Gasteiger partial charge in [-0.05, 0) is 25.7 Å². The molecule has 0 aromatic rings. The average molecular weight is 252 g/mol. The maximum absolute atomic E-state index is 10.2. The monoisotopic (exact) mass is 252 g/mol. The van der Waals surface area contributed by atoms with E-state index < -0.39 is 20.6 Å². The molecule has 7 nitrogen and oxygen atoms in total. The van der Waals surface area contributed by atoms with Crippen molar-refractivity contribution in [2.24, 2.45) is 0 Å². The molecular weight excluding hydrogens is 242 g/mol. The summed E-state index contributed by atoms with van der Waals surface area (Å²) in [4.78, 5) is 29.9. The zero-order valence-electron chi connectivity index (χ0n) is 6.85. The Balaban J connectivity index is 4.10. The standard InChI is InChI=1S/C3H10O7P2S/c1-3(2)8-9-12(7,13)10-11(4,5)6/h3H,1-2H3,(H,7,13)(H2,4,5,6). The summed E-state index contributed by atoms with van der Waals surface area (Å²) in [5, 5.41) is 0. The summed E-state index contributed by atoms with van der Waals surface area (Å²) >= 11 is 4.21. The third-order valence-corrected chi connectivity index (χ3v) is 3.27. The third kappa shape index (κ3) is 8.96. The zero-order chi connectivity index (χ0) is 10.7. The molecule has 0 saturated carbocycles. The smallest absolute Gasteiger partial charge is 0.323 e. The van der Waals surface area contributed by atoms with Crippen LogP contribution in [0, 0.1) is 0 Å². The minimum Gasteiger partial charge on any atom is -0.323 e. The third-order valence-electron chi connectivity index (χ3n) is 0.539. The Morgan fingerprint density at radius 1 is 1.31 bits per heavy atom. The lowest BCUT2D eigenvalue weighted by atomic mass is 10.5. The molecule has 0 radical (unpaired) electrons. The topological polar surface area (TPSA) is 105 Å². The van der Waals surface area contributed by atoms with Crippen molar-refractivity contribution in [2.45, 2.75) is 20.0 Å². The molecule has 0 rings (SSSR count). The van der Waals surface area contributed by atoms with Crippen molar-refractivity contribution in [1.82, 2.24) is 0 Å². The maximum Gasteiger partial charge on any atom is 0.476 e. The van der Waals surface area contributed by atoms with E-state index >= 15 is 0 Å². The average Bonchev–Trinajstić information content (AvgIpc) is 1.78. The zero-order valence-corrected chi connectivity index (χ0v) is 9.46. The Bertz CT molecular complexity index is 246. The summed E-state index contributed by atoms with van der Waals surface area (Å²) < 4.78 is 18.1. The van der Waals surface area contributed by atoms with E-state index in [0.717, 1.165) is 0 Å². The quantitative estimate of drug-likeness (QED) is 0.372. The molecule has 0 aliphatic carbocycles. The van der Waals surface area contributed by atoms with Crippen LogP contribution in [0.25, 0.3) is 0 Å². The highest BCUT2D eigenvalue weighted by atomic mass is 32.5. The van der Waals surface area contributed by atoms with Crippen LogP contribution in [0.2, 0.25) is 0 Å². The molecular formula is C3H10O7P2S. The number of hydrogen-bond acceptors (Lipinski definition) is 5. The maximum atomic E-state index is 10.2. The van der Waals surface area contributed by atoms with E-state index in [2.05, 4.69) is 25.7 Å². The second-order valence-corrected chi connectivity index (χ2v) is 6.37. The van der Waals surface area contributed by atoms with Gasteiger partial charge in [-0.15, -0.1) is 4.67 Å². The lowest BCUT2D eigenvalue weighted by molar-refractivity contribution is -0.240. The Morgan fingerprint density at radius 3 is 2.08 bits per heavy atom. The van der Waals surface area contributed by atoms with Crippen molar-refractivity contribution in [3.8, 4) is 0 Å². The van der Waals surface area contributed by atoms with Crippen LogP contribution in [0.3, 0.4) is 0 Å². The molecule has 0 aromatic carbocycles. The number of hydrogen-bond donors (Lipinski definition) is 3. The predicted octanol–water partition coefficient (Wildman–Crippen LogP) is 0.669. The van der Waals surface area contributed by atoms with Crippen LogP contribution in [-0.4, -0.2) is 20.8 Å². The van der Waals surface area contributed by atoms with Gasteiger partial charge in [0.15, 0.2) is 0 Å². The van der Waals surface area contributed by atoms with E-state index in [1.54, 1.807) is 13.8 Å². The molecule has 0 saturated heterocycles. The first-order chi connectivity index (χ1) is 5.62. The summed E-state index contributed by atoms with van der Waals surface area (Å²) in [5.41, 5.74) is 0. The summed E-state index contributed by atoms with van der Waals surface area (Å²) in [6.07, 6.45) is -0.408. The van der Waals surface area contributed by atoms with E-state index in [1.807, 2.05) is 0 Å². The predicted molar refractivity (Wildman–Crippen MR) is 46.9 cm³/mol. The molecule has 0 aliphatic heterocycles. The van der Waals surface area contributed by atoms with Crippen molar-refractivity contribution >= 4 is 26.3 Å². The fourth-order valence-corrected chi connectivity index (χ4v) is 2.64. The Morgan fingerprint density at radius 2 is 1.77 bits per heavy atom. The number of phosphoric acid groups is 1. The van der Waals surface area contributed by atoms with Gasteiger partial charge >= 0.3 is 14.5 Å². The molecule has 80 valence electrons. The van der Waals surface area contributed by atoms with Gasteiger partial charge in [-0.3, -0.25) is 0 Å². The molecule has 0 aliphatic rings. The van der Waals surface area contributed by atoms with Crippen LogP contribution in [0.5, 0.6) is 0 Å². The van der Waals surface area contributed by atoms with E-state index in [9.17, 15) is 4.57 Å². The summed E-state index contributed by atoms with van der Waals surface area (Å²) in [6, 6.07) is 0. The molecule has 0 aromatic heterocycles. The highest BCUT2D eigenvalue weighted by Crippen LogP contribution is 2.57. The highest BCUT2D eigenvalue weighted by Gasteiger charge is 2.29. The first-order valence-corrected chi connectivity index (χ1v) is 7.19. The van der Waals surface area contributed by atoms with Gasteiger partial charge in [0.05, 0.1) is 6.10 Å². The lowest BCUT2D eigenvalue weighted by Crippen LogP contribution is -2.03. The first-order valence-electron chi connectivity index (χ1n) is 3.07. The van der Waals surface area contributed by atoms with E-state index in [-0.39, 0.29) is 0 Å². The molecule has 1 atom stereocenters. The van der Waals surface area contributed by atoms with Crippen LogP contribution in [-0.2, 0) is 30.2 Å². The molecule has 0 heterocycles. The van der Waals surface area contributed by atoms with Crippen molar-refractivity contribution in [3.63, 3.8) is 0 Å². The second kappa shape index (κ2) is 4.93. The molecule has 3 N–H and O–H groups in total. The molecule has 0 spiro atoms. The minimum atomic E-state index is -4.86. The first kappa shape index (κ1) is 13.6. The summed E-state index contributed by atoms with van der Waals surface area (Å²) in [6.45, 7) is -0.868. The van der Waals surface area contributed by atoms with Gasteiger partial charge in [0, 0.05) is 0 Å². The van der Waals surface area contributed by atoms with Crippen molar-refractivity contribution < 1.29 is 33.1 Å². The van der Waals surface area contributed by atoms with Gasteiger partial charge < -0.3 is 14.7 Å². The SMILES string of the molecule is CC(C)OOP(O)(=S)OP(=O)(O)O. The van der Waals surface area contributed by atoms with Crippen LogP contribution >= 0.6 is 14.5 Å². The van der Waals surface area contributed by atoms with Crippen molar-refractivity contribution in [2.75, 3.05) is 0 Å². The van der Waals surface area contributed by atoms with Gasteiger partial charge in [0.25, 0.3) is 0 Å². The molecule has 0 bridgehead atoms. The Labute approximate surface area is 80.1 Å². The van der Waals surface area contributed by atoms with E-state index in [1.165, 1.54) is 0 Å². The summed E-state index contributed by atoms with van der Waals surface area (Å²) in [5.74, 6) is 0.